The van der Waals surface area contributed by atoms with Gasteiger partial charge in [-0.1, -0.05) is 36.2 Å². The predicted octanol–water partition coefficient (Wildman–Crippen LogP) is 2.38. The molecule has 0 radical (unpaired) electrons. The lowest BCUT2D eigenvalue weighted by molar-refractivity contribution is -0.128. The standard InChI is InChI=1S/C21H25N3O4S/c1-15-6-12-19(13-7-15)29(27,28)24(2)14-16-8-10-18(11-9-16)21(26)23-22-20(25)17-4-3-5-17/h6-13,17H,3-5,14H2,1-2H3,(H,22,25)(H,23,26). The molecule has 0 aliphatic heterocycles. The predicted molar refractivity (Wildman–Crippen MR) is 109 cm³/mol. The van der Waals surface area contributed by atoms with Crippen molar-refractivity contribution in [2.75, 3.05) is 7.05 Å². The summed E-state index contributed by atoms with van der Waals surface area (Å²) in [4.78, 5) is 24.2. The van der Waals surface area contributed by atoms with Gasteiger partial charge in [-0.05, 0) is 49.6 Å². The summed E-state index contributed by atoms with van der Waals surface area (Å²) >= 11 is 0. The lowest BCUT2D eigenvalue weighted by atomic mass is 9.85. The summed E-state index contributed by atoms with van der Waals surface area (Å²) in [6, 6.07) is 13.3. The van der Waals surface area contributed by atoms with Gasteiger partial charge in [0.05, 0.1) is 4.90 Å². The van der Waals surface area contributed by atoms with Crippen molar-refractivity contribution >= 4 is 21.8 Å². The number of hydrazine groups is 1. The van der Waals surface area contributed by atoms with Crippen LogP contribution in [0.2, 0.25) is 0 Å². The Morgan fingerprint density at radius 2 is 1.62 bits per heavy atom. The maximum Gasteiger partial charge on any atom is 0.269 e. The third kappa shape index (κ3) is 5.02. The minimum absolute atomic E-state index is 0.0105. The lowest BCUT2D eigenvalue weighted by Crippen LogP contribution is -2.46. The molecule has 1 fully saturated rings. The monoisotopic (exact) mass is 415 g/mol. The lowest BCUT2D eigenvalue weighted by Gasteiger charge is -2.24. The van der Waals surface area contributed by atoms with Gasteiger partial charge < -0.3 is 0 Å². The number of sulfonamides is 1. The first-order valence-electron chi connectivity index (χ1n) is 9.49. The number of hydrogen-bond acceptors (Lipinski definition) is 4. The topological polar surface area (TPSA) is 95.6 Å². The van der Waals surface area contributed by atoms with Crippen LogP contribution in [0.15, 0.2) is 53.4 Å². The van der Waals surface area contributed by atoms with Crippen LogP contribution >= 0.6 is 0 Å². The molecule has 0 spiro atoms. The smallest absolute Gasteiger partial charge is 0.269 e. The van der Waals surface area contributed by atoms with Crippen LogP contribution in [-0.4, -0.2) is 31.6 Å². The fourth-order valence-electron chi connectivity index (χ4n) is 2.96. The van der Waals surface area contributed by atoms with Crippen molar-refractivity contribution in [2.24, 2.45) is 5.92 Å². The highest BCUT2D eigenvalue weighted by Crippen LogP contribution is 2.25. The molecule has 0 heterocycles. The fraction of sp³-hybridized carbons (Fsp3) is 0.333. The maximum atomic E-state index is 12.7. The van der Waals surface area contributed by atoms with E-state index in [-0.39, 0.29) is 23.3 Å². The van der Waals surface area contributed by atoms with Crippen molar-refractivity contribution in [3.05, 3.63) is 65.2 Å². The van der Waals surface area contributed by atoms with E-state index in [9.17, 15) is 18.0 Å². The summed E-state index contributed by atoms with van der Waals surface area (Å²) in [5.74, 6) is -0.585. The third-order valence-electron chi connectivity index (χ3n) is 5.13. The Hall–Kier alpha value is -2.71. The van der Waals surface area contributed by atoms with E-state index in [2.05, 4.69) is 10.9 Å². The Morgan fingerprint density at radius 1 is 1.00 bits per heavy atom. The van der Waals surface area contributed by atoms with Crippen LogP contribution in [-0.2, 0) is 21.4 Å². The third-order valence-corrected chi connectivity index (χ3v) is 6.94. The van der Waals surface area contributed by atoms with Crippen LogP contribution in [0.3, 0.4) is 0 Å². The number of benzene rings is 2. The molecule has 0 saturated heterocycles. The van der Waals surface area contributed by atoms with Crippen LogP contribution < -0.4 is 10.9 Å². The molecular weight excluding hydrogens is 390 g/mol. The van der Waals surface area contributed by atoms with Crippen LogP contribution in [0.4, 0.5) is 0 Å². The first kappa shape index (κ1) is 21.0. The molecule has 0 bridgehead atoms. The summed E-state index contributed by atoms with van der Waals surface area (Å²) in [6.07, 6.45) is 2.76. The molecule has 7 nitrogen and oxygen atoms in total. The van der Waals surface area contributed by atoms with Gasteiger partial charge in [0.25, 0.3) is 5.91 Å². The first-order chi connectivity index (χ1) is 13.8. The molecule has 2 aromatic carbocycles. The molecule has 1 aliphatic carbocycles. The second-order valence-corrected chi connectivity index (χ2v) is 9.39. The minimum atomic E-state index is -3.60. The summed E-state index contributed by atoms with van der Waals surface area (Å²) in [7, 11) is -2.08. The molecule has 0 aromatic heterocycles. The highest BCUT2D eigenvalue weighted by molar-refractivity contribution is 7.89. The summed E-state index contributed by atoms with van der Waals surface area (Å²) in [5.41, 5.74) is 6.98. The van der Waals surface area contributed by atoms with Gasteiger partial charge in [0.15, 0.2) is 0 Å². The van der Waals surface area contributed by atoms with Gasteiger partial charge in [-0.2, -0.15) is 4.31 Å². The number of amides is 2. The van der Waals surface area contributed by atoms with Crippen molar-refractivity contribution in [1.82, 2.24) is 15.2 Å². The second-order valence-electron chi connectivity index (χ2n) is 7.34. The van der Waals surface area contributed by atoms with E-state index < -0.39 is 15.9 Å². The molecule has 29 heavy (non-hydrogen) atoms. The molecule has 1 saturated carbocycles. The molecule has 8 heteroatoms. The number of aryl methyl sites for hydroxylation is 1. The number of hydrogen-bond donors (Lipinski definition) is 2. The normalized spacial score (nSPS) is 14.3. The largest absolute Gasteiger partial charge is 0.273 e. The Bertz CT molecular complexity index is 982. The van der Waals surface area contributed by atoms with E-state index >= 15 is 0 Å². The molecule has 2 N–H and O–H groups in total. The number of nitrogens with zero attached hydrogens (tertiary/aromatic N) is 1. The number of nitrogens with one attached hydrogen (secondary N) is 2. The molecule has 0 unspecified atom stereocenters. The van der Waals surface area contributed by atoms with Gasteiger partial charge in [0.2, 0.25) is 15.9 Å². The highest BCUT2D eigenvalue weighted by atomic mass is 32.2. The van der Waals surface area contributed by atoms with Gasteiger partial charge >= 0.3 is 0 Å². The fourth-order valence-corrected chi connectivity index (χ4v) is 4.12. The number of carbonyl (C=O) groups is 2. The van der Waals surface area contributed by atoms with E-state index in [1.165, 1.54) is 11.4 Å². The van der Waals surface area contributed by atoms with Gasteiger partial charge in [-0.3, -0.25) is 20.4 Å². The van der Waals surface area contributed by atoms with Crippen LogP contribution in [0, 0.1) is 12.8 Å². The molecular formula is C21H25N3O4S. The van der Waals surface area contributed by atoms with E-state index in [1.54, 1.807) is 48.5 Å². The molecule has 154 valence electrons. The molecule has 2 amide bonds. The molecule has 0 atom stereocenters. The Balaban J connectivity index is 1.58. The molecule has 1 aliphatic rings. The summed E-state index contributed by atoms with van der Waals surface area (Å²) in [6.45, 7) is 2.08. The average Bonchev–Trinajstić information content (AvgIpc) is 2.65. The van der Waals surface area contributed by atoms with E-state index in [0.29, 0.717) is 5.56 Å². The Kier molecular flexibility index (Phi) is 6.34. The van der Waals surface area contributed by atoms with Crippen molar-refractivity contribution in [2.45, 2.75) is 37.6 Å². The Labute approximate surface area is 171 Å². The van der Waals surface area contributed by atoms with Crippen molar-refractivity contribution < 1.29 is 18.0 Å². The minimum Gasteiger partial charge on any atom is -0.273 e. The van der Waals surface area contributed by atoms with Crippen LogP contribution in [0.5, 0.6) is 0 Å². The quantitative estimate of drug-likeness (QED) is 0.708. The first-order valence-corrected chi connectivity index (χ1v) is 10.9. The van der Waals surface area contributed by atoms with Gasteiger partial charge in [-0.25, -0.2) is 8.42 Å². The van der Waals surface area contributed by atoms with Crippen LogP contribution in [0.25, 0.3) is 0 Å². The SMILES string of the molecule is Cc1ccc(S(=O)(=O)N(C)Cc2ccc(C(=O)NNC(=O)C3CCC3)cc2)cc1. The highest BCUT2D eigenvalue weighted by Gasteiger charge is 2.25. The number of carbonyl (C=O) groups excluding carboxylic acids is 2. The van der Waals surface area contributed by atoms with Crippen molar-refractivity contribution in [3.63, 3.8) is 0 Å². The zero-order valence-electron chi connectivity index (χ0n) is 16.5. The van der Waals surface area contributed by atoms with E-state index in [4.69, 9.17) is 0 Å². The zero-order valence-corrected chi connectivity index (χ0v) is 17.3. The summed E-state index contributed by atoms with van der Waals surface area (Å²) < 4.78 is 26.6. The average molecular weight is 416 g/mol. The second kappa shape index (κ2) is 8.75. The molecule has 3 rings (SSSR count). The van der Waals surface area contributed by atoms with Gasteiger partial charge in [0, 0.05) is 25.1 Å². The molecule has 2 aromatic rings. The Morgan fingerprint density at radius 3 is 2.17 bits per heavy atom. The number of rotatable bonds is 6. The van der Waals surface area contributed by atoms with E-state index in [1.807, 2.05) is 6.92 Å². The zero-order chi connectivity index (χ0) is 21.0. The maximum absolute atomic E-state index is 12.7. The van der Waals surface area contributed by atoms with Crippen LogP contribution in [0.1, 0.15) is 40.7 Å². The van der Waals surface area contributed by atoms with E-state index in [0.717, 1.165) is 30.4 Å². The van der Waals surface area contributed by atoms with Crippen molar-refractivity contribution in [1.29, 1.82) is 0 Å². The van der Waals surface area contributed by atoms with Crippen molar-refractivity contribution in [3.8, 4) is 0 Å². The van der Waals surface area contributed by atoms with Gasteiger partial charge in [-0.15, -0.1) is 0 Å². The summed E-state index contributed by atoms with van der Waals surface area (Å²) in [5, 5.41) is 0. The van der Waals surface area contributed by atoms with Gasteiger partial charge in [0.1, 0.15) is 0 Å².